The number of nitrogens with one attached hydrogen (secondary N) is 1. The lowest BCUT2D eigenvalue weighted by atomic mass is 10.0. The van der Waals surface area contributed by atoms with E-state index < -0.39 is 17.1 Å². The number of imide groups is 1. The number of thioether (sulfide) groups is 1. The Kier molecular flexibility index (Phi) is 7.90. The van der Waals surface area contributed by atoms with Gasteiger partial charge in [-0.15, -0.1) is 0 Å². The molecule has 0 aromatic heterocycles. The van der Waals surface area contributed by atoms with Crippen molar-refractivity contribution in [1.29, 1.82) is 0 Å². The van der Waals surface area contributed by atoms with Gasteiger partial charge in [0.25, 0.3) is 11.1 Å². The van der Waals surface area contributed by atoms with Crippen molar-refractivity contribution in [3.8, 4) is 5.75 Å². The van der Waals surface area contributed by atoms with Crippen molar-refractivity contribution < 1.29 is 19.1 Å². The zero-order valence-corrected chi connectivity index (χ0v) is 21.3. The number of nitrogens with zero attached hydrogens (tertiary/aromatic N) is 1. The average Bonchev–Trinajstić information content (AvgIpc) is 3.11. The van der Waals surface area contributed by atoms with E-state index in [1.165, 1.54) is 5.56 Å². The highest BCUT2D eigenvalue weighted by atomic mass is 32.2. The van der Waals surface area contributed by atoms with Crippen LogP contribution in [0.1, 0.15) is 42.0 Å². The lowest BCUT2D eigenvalue weighted by Gasteiger charge is -2.13. The van der Waals surface area contributed by atoms with Crippen LogP contribution >= 0.6 is 11.8 Å². The van der Waals surface area contributed by atoms with E-state index in [9.17, 15) is 14.4 Å². The Morgan fingerprint density at radius 3 is 2.42 bits per heavy atom. The minimum atomic E-state index is -0.477. The number of amides is 3. The van der Waals surface area contributed by atoms with Crippen LogP contribution in [0, 0.1) is 6.92 Å². The van der Waals surface area contributed by atoms with Crippen LogP contribution in [0.15, 0.2) is 77.7 Å². The van der Waals surface area contributed by atoms with Gasteiger partial charge in [0.2, 0.25) is 5.91 Å². The van der Waals surface area contributed by atoms with Crippen molar-refractivity contribution in [1.82, 2.24) is 4.90 Å². The first-order valence-electron chi connectivity index (χ1n) is 11.7. The van der Waals surface area contributed by atoms with Crippen LogP contribution in [-0.2, 0) is 16.2 Å². The molecule has 3 aromatic carbocycles. The lowest BCUT2D eigenvalue weighted by Crippen LogP contribution is -2.36. The van der Waals surface area contributed by atoms with Gasteiger partial charge in [-0.25, -0.2) is 0 Å². The highest BCUT2D eigenvalue weighted by Crippen LogP contribution is 2.32. The molecule has 0 aliphatic carbocycles. The van der Waals surface area contributed by atoms with E-state index in [2.05, 4.69) is 25.2 Å². The molecule has 1 heterocycles. The maximum absolute atomic E-state index is 12.8. The average molecular weight is 501 g/mol. The fourth-order valence-corrected chi connectivity index (χ4v) is 4.55. The van der Waals surface area contributed by atoms with Crippen molar-refractivity contribution in [3.63, 3.8) is 0 Å². The van der Waals surface area contributed by atoms with E-state index in [0.29, 0.717) is 24.0 Å². The van der Waals surface area contributed by atoms with Gasteiger partial charge in [-0.2, -0.15) is 0 Å². The molecule has 4 rings (SSSR count). The minimum absolute atomic E-state index is 0.280. The fraction of sp³-hybridized carbons (Fsp3) is 0.207. The molecule has 0 bridgehead atoms. The van der Waals surface area contributed by atoms with E-state index in [4.69, 9.17) is 4.74 Å². The van der Waals surface area contributed by atoms with Gasteiger partial charge in [0, 0.05) is 5.69 Å². The largest absolute Gasteiger partial charge is 0.489 e. The zero-order valence-electron chi connectivity index (χ0n) is 20.5. The van der Waals surface area contributed by atoms with Crippen LogP contribution in [-0.4, -0.2) is 28.5 Å². The number of hydrogen-bond acceptors (Lipinski definition) is 5. The summed E-state index contributed by atoms with van der Waals surface area (Å²) in [7, 11) is 0. The molecule has 3 amide bonds. The summed E-state index contributed by atoms with van der Waals surface area (Å²) >= 11 is 0.830. The maximum atomic E-state index is 12.8. The van der Waals surface area contributed by atoms with Crippen LogP contribution in [0.5, 0.6) is 5.75 Å². The Morgan fingerprint density at radius 1 is 1.03 bits per heavy atom. The monoisotopic (exact) mass is 500 g/mol. The number of rotatable bonds is 8. The van der Waals surface area contributed by atoms with Gasteiger partial charge in [-0.3, -0.25) is 19.3 Å². The maximum Gasteiger partial charge on any atom is 0.294 e. The Bertz CT molecular complexity index is 1300. The molecule has 0 atom stereocenters. The quantitative estimate of drug-likeness (QED) is 0.364. The molecular formula is C29H28N2O4S. The van der Waals surface area contributed by atoms with E-state index in [1.54, 1.807) is 6.08 Å². The standard InChI is InChI=1S/C29H28N2O4S/c1-19(2)23-9-11-24(12-10-23)30-27(32)17-31-28(33)26(36-29(31)34)16-21-7-13-25(14-8-21)35-18-22-6-4-5-20(3)15-22/h4-16,19H,17-18H2,1-3H3,(H,30,32)/b26-16+. The summed E-state index contributed by atoms with van der Waals surface area (Å²) < 4.78 is 5.84. The van der Waals surface area contributed by atoms with Gasteiger partial charge in [-0.05, 0) is 71.6 Å². The molecule has 36 heavy (non-hydrogen) atoms. The molecule has 0 radical (unpaired) electrons. The number of hydrogen-bond donors (Lipinski definition) is 1. The third-order valence-corrected chi connectivity index (χ3v) is 6.61. The highest BCUT2D eigenvalue weighted by molar-refractivity contribution is 8.18. The molecular weight excluding hydrogens is 472 g/mol. The summed E-state index contributed by atoms with van der Waals surface area (Å²) in [5.74, 6) is 0.195. The number of anilines is 1. The third kappa shape index (κ3) is 6.43. The van der Waals surface area contributed by atoms with Crippen molar-refractivity contribution in [2.45, 2.75) is 33.3 Å². The highest BCUT2D eigenvalue weighted by Gasteiger charge is 2.36. The first kappa shape index (κ1) is 25.3. The Hall–Kier alpha value is -3.84. The third-order valence-electron chi connectivity index (χ3n) is 5.70. The van der Waals surface area contributed by atoms with Crippen molar-refractivity contribution in [3.05, 3.63) is 100.0 Å². The second-order valence-corrected chi connectivity index (χ2v) is 9.93. The van der Waals surface area contributed by atoms with Gasteiger partial charge in [0.05, 0.1) is 4.91 Å². The predicted octanol–water partition coefficient (Wildman–Crippen LogP) is 6.37. The van der Waals surface area contributed by atoms with Crippen molar-refractivity contribution >= 4 is 40.6 Å². The van der Waals surface area contributed by atoms with E-state index in [-0.39, 0.29) is 11.4 Å². The van der Waals surface area contributed by atoms with E-state index in [1.807, 2.05) is 73.7 Å². The predicted molar refractivity (Wildman–Crippen MR) is 144 cm³/mol. The van der Waals surface area contributed by atoms with Crippen molar-refractivity contribution in [2.75, 3.05) is 11.9 Å². The van der Waals surface area contributed by atoms with E-state index in [0.717, 1.165) is 33.4 Å². The molecule has 1 aliphatic heterocycles. The summed E-state index contributed by atoms with van der Waals surface area (Å²) in [4.78, 5) is 38.9. The summed E-state index contributed by atoms with van der Waals surface area (Å²) in [5, 5.41) is 2.28. The number of benzene rings is 3. The van der Waals surface area contributed by atoms with Crippen LogP contribution in [0.3, 0.4) is 0 Å². The number of ether oxygens (including phenoxy) is 1. The number of carbonyl (C=O) groups excluding carboxylic acids is 3. The molecule has 1 aliphatic rings. The Morgan fingerprint density at radius 2 is 1.75 bits per heavy atom. The summed E-state index contributed by atoms with van der Waals surface area (Å²) in [6, 6.07) is 22.9. The first-order chi connectivity index (χ1) is 17.3. The molecule has 1 saturated heterocycles. The van der Waals surface area contributed by atoms with Gasteiger partial charge in [0.1, 0.15) is 18.9 Å². The number of aryl methyl sites for hydroxylation is 1. The molecule has 3 aromatic rings. The summed E-state index contributed by atoms with van der Waals surface area (Å²) in [5.41, 5.74) is 4.81. The van der Waals surface area contributed by atoms with Gasteiger partial charge >= 0.3 is 0 Å². The zero-order chi connectivity index (χ0) is 25.7. The molecule has 0 unspecified atom stereocenters. The Labute approximate surface area is 215 Å². The second kappa shape index (κ2) is 11.3. The number of carbonyl (C=O) groups is 3. The molecule has 0 spiro atoms. The van der Waals surface area contributed by atoms with Crippen LogP contribution in [0.2, 0.25) is 0 Å². The molecule has 1 fully saturated rings. The second-order valence-electron chi connectivity index (χ2n) is 8.94. The fourth-order valence-electron chi connectivity index (χ4n) is 3.71. The summed E-state index contributed by atoms with van der Waals surface area (Å²) in [6.45, 7) is 6.35. The first-order valence-corrected chi connectivity index (χ1v) is 12.5. The van der Waals surface area contributed by atoms with Gasteiger partial charge in [0.15, 0.2) is 0 Å². The molecule has 6 nitrogen and oxygen atoms in total. The van der Waals surface area contributed by atoms with Gasteiger partial charge < -0.3 is 10.1 Å². The van der Waals surface area contributed by atoms with Crippen LogP contribution in [0.4, 0.5) is 10.5 Å². The molecule has 184 valence electrons. The van der Waals surface area contributed by atoms with E-state index >= 15 is 0 Å². The summed E-state index contributed by atoms with van der Waals surface area (Å²) in [6.07, 6.45) is 1.65. The SMILES string of the molecule is Cc1cccc(COc2ccc(/C=C3/SC(=O)N(CC(=O)Nc4ccc(C(C)C)cc4)C3=O)cc2)c1. The van der Waals surface area contributed by atoms with Crippen LogP contribution in [0.25, 0.3) is 6.08 Å². The molecule has 7 heteroatoms. The normalized spacial score (nSPS) is 14.6. The molecule has 0 saturated carbocycles. The van der Waals surface area contributed by atoms with Gasteiger partial charge in [-0.1, -0.05) is 67.9 Å². The smallest absolute Gasteiger partial charge is 0.294 e. The van der Waals surface area contributed by atoms with Crippen molar-refractivity contribution in [2.24, 2.45) is 0 Å². The van der Waals surface area contributed by atoms with Crippen LogP contribution < -0.4 is 10.1 Å². The minimum Gasteiger partial charge on any atom is -0.489 e. The topological polar surface area (TPSA) is 75.7 Å². The molecule has 1 N–H and O–H groups in total. The lowest BCUT2D eigenvalue weighted by molar-refractivity contribution is -0.127. The Balaban J connectivity index is 1.34.